The van der Waals surface area contributed by atoms with Gasteiger partial charge >= 0.3 is 0 Å². The first-order valence-electron chi connectivity index (χ1n) is 19.0. The highest BCUT2D eigenvalue weighted by Gasteiger charge is 2.28. The zero-order chi connectivity index (χ0) is 40.3. The van der Waals surface area contributed by atoms with Gasteiger partial charge in [0.25, 0.3) is 5.69 Å². The molecule has 0 amide bonds. The molecule has 10 bridgehead atoms. The van der Waals surface area contributed by atoms with Crippen LogP contribution < -0.4 is 0 Å². The number of hydrogen-bond acceptors (Lipinski definition) is 7. The molecule has 6 rings (SSSR count). The van der Waals surface area contributed by atoms with Crippen molar-refractivity contribution >= 4 is 5.69 Å². The van der Waals surface area contributed by atoms with Crippen molar-refractivity contribution in [1.82, 2.24) is 0 Å². The van der Waals surface area contributed by atoms with Crippen molar-refractivity contribution in [2.24, 2.45) is 0 Å². The molecular formula is C47H53NO7. The van der Waals surface area contributed by atoms with Crippen molar-refractivity contribution in [3.8, 4) is 28.7 Å². The normalized spacial score (nSPS) is 13.8. The van der Waals surface area contributed by atoms with Crippen LogP contribution in [0.5, 0.6) is 28.7 Å². The highest BCUT2D eigenvalue weighted by atomic mass is 16.6. The molecule has 5 aromatic rings. The smallest absolute Gasteiger partial charge is 0.270 e. The molecule has 0 saturated carbocycles. The van der Waals surface area contributed by atoms with Crippen molar-refractivity contribution in [2.75, 3.05) is 0 Å². The SMILES string of the molecule is CCC1c2cc(C)cc(c2O)Cc2cc(C(C)(C)C)cc(c2O)Cc2cc([N+](=O)[O-])cc(c2O)Cc2cc(C(C)(C)C)cc(c2O)Cc2cc(C)cc1c2O. The first-order chi connectivity index (χ1) is 25.7. The molecule has 0 heterocycles. The van der Waals surface area contributed by atoms with Crippen molar-refractivity contribution in [2.45, 2.75) is 111 Å². The average Bonchev–Trinajstić information content (AvgIpc) is 3.08. The van der Waals surface area contributed by atoms with Gasteiger partial charge in [0.2, 0.25) is 0 Å². The topological polar surface area (TPSA) is 144 Å². The van der Waals surface area contributed by atoms with E-state index in [1.54, 1.807) is 0 Å². The number of non-ortho nitro benzene ring substituents is 1. The average molecular weight is 744 g/mol. The van der Waals surface area contributed by atoms with Gasteiger partial charge in [-0.2, -0.15) is 0 Å². The number of benzene rings is 5. The lowest BCUT2D eigenvalue weighted by Gasteiger charge is -2.25. The molecule has 0 unspecified atom stereocenters. The van der Waals surface area contributed by atoms with E-state index in [9.17, 15) is 35.6 Å². The highest BCUT2D eigenvalue weighted by molar-refractivity contribution is 5.60. The summed E-state index contributed by atoms with van der Waals surface area (Å²) in [7, 11) is 0. The summed E-state index contributed by atoms with van der Waals surface area (Å²) >= 11 is 0. The largest absolute Gasteiger partial charge is 0.507 e. The van der Waals surface area contributed by atoms with Crippen LogP contribution >= 0.6 is 0 Å². The molecule has 8 nitrogen and oxygen atoms in total. The number of fused-ring (bicyclic) bond motifs is 10. The van der Waals surface area contributed by atoms with Crippen LogP contribution in [0.3, 0.4) is 0 Å². The van der Waals surface area contributed by atoms with Gasteiger partial charge in [0.1, 0.15) is 28.7 Å². The maximum atomic E-state index is 12.3. The monoisotopic (exact) mass is 743 g/mol. The van der Waals surface area contributed by atoms with E-state index in [-0.39, 0.29) is 88.0 Å². The standard InChI is InChI=1S/C47H53NO7/c1-10-38-39-13-25(2)11-27(44(39)52)15-29-19-35(46(4,5)6)21-31(41(29)49)17-33-23-37(48(54)55)24-34(43(33)51)18-32-22-36(47(7,8)9)20-30(42(32)50)16-28-12-26(3)14-40(38)45(28)53/h11-14,19-24,38,49-53H,10,15-18H2,1-9H3. The van der Waals surface area contributed by atoms with Gasteiger partial charge in [-0.1, -0.05) is 108 Å². The Hall–Kier alpha value is -5.50. The predicted molar refractivity (Wildman–Crippen MR) is 217 cm³/mol. The van der Waals surface area contributed by atoms with Gasteiger partial charge in [-0.15, -0.1) is 0 Å². The summed E-state index contributed by atoms with van der Waals surface area (Å²) in [6, 6.07) is 18.0. The predicted octanol–water partition coefficient (Wildman–Crippen LogP) is 10.6. The Kier molecular flexibility index (Phi) is 10.2. The van der Waals surface area contributed by atoms with Crippen LogP contribution in [-0.4, -0.2) is 30.5 Å². The minimum absolute atomic E-state index is 0.00123. The quantitative estimate of drug-likeness (QED) is 0.0894. The lowest BCUT2D eigenvalue weighted by atomic mass is 9.80. The minimum atomic E-state index is -0.502. The maximum Gasteiger partial charge on any atom is 0.270 e. The lowest BCUT2D eigenvalue weighted by Crippen LogP contribution is -2.13. The second-order valence-electron chi connectivity index (χ2n) is 17.5. The molecule has 5 N–H and O–H groups in total. The van der Waals surface area contributed by atoms with Gasteiger partial charge in [-0.05, 0) is 75.6 Å². The summed E-state index contributed by atoms with van der Waals surface area (Å²) in [6.07, 6.45) is 0.976. The van der Waals surface area contributed by atoms with Crippen molar-refractivity contribution < 1.29 is 30.5 Å². The Morgan fingerprint density at radius 3 is 1.09 bits per heavy atom. The second-order valence-corrected chi connectivity index (χ2v) is 17.5. The molecule has 0 aliphatic heterocycles. The maximum absolute atomic E-state index is 12.3. The van der Waals surface area contributed by atoms with E-state index in [0.717, 1.165) is 22.3 Å². The number of hydrogen-bond donors (Lipinski definition) is 5. The van der Waals surface area contributed by atoms with Crippen molar-refractivity contribution in [3.05, 3.63) is 149 Å². The summed E-state index contributed by atoms with van der Waals surface area (Å²) in [6.45, 7) is 18.3. The Morgan fingerprint density at radius 2 is 0.818 bits per heavy atom. The number of aromatic hydroxyl groups is 5. The molecule has 0 atom stereocenters. The number of rotatable bonds is 2. The first-order valence-corrected chi connectivity index (χ1v) is 19.0. The fraction of sp³-hybridized carbons (Fsp3) is 0.362. The highest BCUT2D eigenvalue weighted by Crippen LogP contribution is 2.45. The molecule has 0 fully saturated rings. The second kappa shape index (κ2) is 14.3. The van der Waals surface area contributed by atoms with Crippen LogP contribution in [0.25, 0.3) is 0 Å². The molecule has 0 radical (unpaired) electrons. The van der Waals surface area contributed by atoms with Crippen molar-refractivity contribution in [3.63, 3.8) is 0 Å². The number of aryl methyl sites for hydroxylation is 2. The van der Waals surface area contributed by atoms with Gasteiger partial charge in [-0.3, -0.25) is 10.1 Å². The van der Waals surface area contributed by atoms with Gasteiger partial charge in [0.05, 0.1) is 4.92 Å². The number of nitrogens with zero attached hydrogens (tertiary/aromatic N) is 1. The first kappa shape index (κ1) is 39.2. The summed E-state index contributed by atoms with van der Waals surface area (Å²) in [5.74, 6) is -0.398. The van der Waals surface area contributed by atoms with Crippen LogP contribution in [0, 0.1) is 24.0 Å². The molecule has 1 aliphatic carbocycles. The molecular weight excluding hydrogens is 691 g/mol. The number of phenolic OH excluding ortho intramolecular Hbond substituents is 5. The van der Waals surface area contributed by atoms with Gasteiger partial charge in [0.15, 0.2) is 0 Å². The Morgan fingerprint density at radius 1 is 0.527 bits per heavy atom. The number of phenols is 5. The van der Waals surface area contributed by atoms with Crippen LogP contribution in [0.1, 0.15) is 139 Å². The van der Waals surface area contributed by atoms with E-state index in [4.69, 9.17) is 0 Å². The minimum Gasteiger partial charge on any atom is -0.507 e. The summed E-state index contributed by atoms with van der Waals surface area (Å²) < 4.78 is 0. The van der Waals surface area contributed by atoms with Gasteiger partial charge in [0, 0.05) is 66.0 Å². The van der Waals surface area contributed by atoms with Gasteiger partial charge in [-0.25, -0.2) is 0 Å². The molecule has 8 heteroatoms. The third-order valence-corrected chi connectivity index (χ3v) is 11.1. The third kappa shape index (κ3) is 7.73. The lowest BCUT2D eigenvalue weighted by molar-refractivity contribution is -0.385. The van der Waals surface area contributed by atoms with Crippen LogP contribution in [0.15, 0.2) is 60.7 Å². The molecule has 55 heavy (non-hydrogen) atoms. The van der Waals surface area contributed by atoms with E-state index < -0.39 is 4.92 Å². The Labute approximate surface area is 323 Å². The Balaban J connectivity index is 1.71. The number of nitro benzene ring substituents is 1. The molecule has 0 saturated heterocycles. The number of nitro groups is 1. The molecule has 0 aromatic heterocycles. The van der Waals surface area contributed by atoms with E-state index >= 15 is 0 Å². The van der Waals surface area contributed by atoms with Crippen molar-refractivity contribution in [1.29, 1.82) is 0 Å². The fourth-order valence-corrected chi connectivity index (χ4v) is 8.04. The zero-order valence-electron chi connectivity index (χ0n) is 33.4. The zero-order valence-corrected chi connectivity index (χ0v) is 33.4. The molecule has 0 spiro atoms. The summed E-state index contributed by atoms with van der Waals surface area (Å²) in [5.41, 5.74) is 7.92. The third-order valence-electron chi connectivity index (χ3n) is 11.1. The van der Waals surface area contributed by atoms with Crippen LogP contribution in [0.2, 0.25) is 0 Å². The van der Waals surface area contributed by atoms with Crippen LogP contribution in [-0.2, 0) is 36.5 Å². The molecule has 1 aliphatic rings. The van der Waals surface area contributed by atoms with Crippen LogP contribution in [0.4, 0.5) is 5.69 Å². The fourth-order valence-electron chi connectivity index (χ4n) is 8.04. The molecule has 5 aromatic carbocycles. The molecule has 288 valence electrons. The summed E-state index contributed by atoms with van der Waals surface area (Å²) in [5, 5.41) is 72.1. The Bertz CT molecular complexity index is 2190. The van der Waals surface area contributed by atoms with E-state index in [2.05, 4.69) is 41.5 Å². The van der Waals surface area contributed by atoms with Gasteiger partial charge < -0.3 is 25.5 Å². The van der Waals surface area contributed by atoms with E-state index in [1.807, 2.05) is 69.3 Å². The van der Waals surface area contributed by atoms with E-state index in [1.165, 1.54) is 12.1 Å². The summed E-state index contributed by atoms with van der Waals surface area (Å²) in [4.78, 5) is 11.8. The van der Waals surface area contributed by atoms with E-state index in [0.29, 0.717) is 50.9 Å².